The highest BCUT2D eigenvalue weighted by Crippen LogP contribution is 2.48. The molecule has 0 spiro atoms. The molecule has 0 aliphatic carbocycles. The standard InChI is InChI=1S/C39H40N3O2PS2/c1-30-26-28-35(29-27-30)47(43,44)41-37(42(5)38(46)40-39(2,3)4)36(31-18-10-6-11-19-31)45(32-20-12-7-13-21-32,33-22-14-8-15-23-33)34-24-16-9-17-25-34/h6-29H,1-5H3,(H,40,46)/b41-37-. The van der Waals surface area contributed by atoms with Gasteiger partial charge in [0.25, 0.3) is 10.0 Å². The van der Waals surface area contributed by atoms with Gasteiger partial charge in [0.2, 0.25) is 0 Å². The first-order valence-electron chi connectivity index (χ1n) is 15.4. The molecule has 0 fully saturated rings. The normalized spacial score (nSPS) is 12.3. The maximum atomic E-state index is 14.4. The molecule has 240 valence electrons. The fraction of sp³-hybridized carbons (Fsp3) is 0.154. The molecule has 1 N–H and O–H groups in total. The second kappa shape index (κ2) is 14.2. The van der Waals surface area contributed by atoms with Gasteiger partial charge in [-0.1, -0.05) is 139 Å². The zero-order valence-electron chi connectivity index (χ0n) is 27.3. The summed E-state index contributed by atoms with van der Waals surface area (Å²) in [5.41, 5.74) is 1.42. The van der Waals surface area contributed by atoms with Crippen molar-refractivity contribution in [1.82, 2.24) is 10.2 Å². The van der Waals surface area contributed by atoms with Crippen LogP contribution < -0.4 is 21.2 Å². The Kier molecular flexibility index (Phi) is 10.3. The minimum Gasteiger partial charge on any atom is -0.358 e. The summed E-state index contributed by atoms with van der Waals surface area (Å²) in [7, 11) is -2.41. The van der Waals surface area contributed by atoms with Crippen LogP contribution in [0.5, 0.6) is 0 Å². The highest BCUT2D eigenvalue weighted by Gasteiger charge is 2.36. The lowest BCUT2D eigenvalue weighted by atomic mass is 10.1. The topological polar surface area (TPSA) is 61.8 Å². The van der Waals surface area contributed by atoms with Crippen molar-refractivity contribution in [3.8, 4) is 0 Å². The van der Waals surface area contributed by atoms with Gasteiger partial charge in [0, 0.05) is 17.9 Å². The molecule has 5 nitrogen and oxygen atoms in total. The number of thiocarbonyl (C=S) groups is 1. The van der Waals surface area contributed by atoms with Crippen molar-refractivity contribution in [2.75, 3.05) is 7.05 Å². The van der Waals surface area contributed by atoms with E-state index in [4.69, 9.17) is 16.6 Å². The van der Waals surface area contributed by atoms with E-state index in [1.165, 1.54) is 0 Å². The molecule has 0 radical (unpaired) electrons. The van der Waals surface area contributed by atoms with E-state index in [2.05, 4.69) is 41.7 Å². The molecular formula is C39H40N3O2PS2. The molecule has 0 aliphatic heterocycles. The van der Waals surface area contributed by atoms with Crippen molar-refractivity contribution in [2.45, 2.75) is 38.1 Å². The Morgan fingerprint density at radius 2 is 1.09 bits per heavy atom. The van der Waals surface area contributed by atoms with Gasteiger partial charge in [-0.15, -0.1) is 4.40 Å². The van der Waals surface area contributed by atoms with E-state index in [9.17, 15) is 8.42 Å². The average Bonchev–Trinajstić information content (AvgIpc) is 3.07. The van der Waals surface area contributed by atoms with E-state index in [1.54, 1.807) is 36.2 Å². The number of hydrogen-bond donors (Lipinski definition) is 1. The summed E-state index contributed by atoms with van der Waals surface area (Å²) >= 11 is 6.00. The molecule has 0 atom stereocenters. The summed E-state index contributed by atoms with van der Waals surface area (Å²) in [6, 6.07) is 47.8. The van der Waals surface area contributed by atoms with E-state index in [-0.39, 0.29) is 16.3 Å². The molecule has 0 saturated heterocycles. The number of aryl methyl sites for hydroxylation is 1. The van der Waals surface area contributed by atoms with Gasteiger partial charge < -0.3 is 10.2 Å². The van der Waals surface area contributed by atoms with Gasteiger partial charge in [-0.2, -0.15) is 8.42 Å². The minimum absolute atomic E-state index is 0.110. The predicted molar refractivity (Wildman–Crippen MR) is 205 cm³/mol. The Balaban J connectivity index is 2.07. The third-order valence-corrected chi connectivity index (χ3v) is 13.7. The molecule has 0 saturated carbocycles. The van der Waals surface area contributed by atoms with Crippen LogP contribution in [-0.4, -0.2) is 42.1 Å². The maximum Gasteiger partial charge on any atom is 0.284 e. The van der Waals surface area contributed by atoms with E-state index in [0.717, 1.165) is 32.3 Å². The number of amidine groups is 1. The zero-order valence-corrected chi connectivity index (χ0v) is 29.9. The van der Waals surface area contributed by atoms with Crippen LogP contribution in [0.3, 0.4) is 0 Å². The van der Waals surface area contributed by atoms with Gasteiger partial charge >= 0.3 is 0 Å². The van der Waals surface area contributed by atoms with Crippen molar-refractivity contribution < 1.29 is 8.42 Å². The highest BCUT2D eigenvalue weighted by atomic mass is 32.2. The fourth-order valence-corrected chi connectivity index (χ4v) is 11.5. The summed E-state index contributed by atoms with van der Waals surface area (Å²) < 4.78 is 33.5. The molecule has 0 unspecified atom stereocenters. The number of nitrogens with one attached hydrogen (secondary N) is 1. The summed E-state index contributed by atoms with van der Waals surface area (Å²) in [4.78, 5) is 1.83. The number of likely N-dealkylation sites (N-methyl/N-ethyl adjacent to an activating group) is 1. The van der Waals surface area contributed by atoms with Crippen LogP contribution in [0.25, 0.3) is 0 Å². The van der Waals surface area contributed by atoms with Gasteiger partial charge in [0.15, 0.2) is 10.9 Å². The molecule has 0 aliphatic rings. The van der Waals surface area contributed by atoms with E-state index in [0.29, 0.717) is 5.11 Å². The zero-order chi connectivity index (χ0) is 33.7. The van der Waals surface area contributed by atoms with Crippen molar-refractivity contribution in [3.05, 3.63) is 157 Å². The molecule has 5 aromatic carbocycles. The van der Waals surface area contributed by atoms with Crippen LogP contribution in [0.2, 0.25) is 0 Å². The van der Waals surface area contributed by atoms with Crippen LogP contribution in [0.4, 0.5) is 0 Å². The van der Waals surface area contributed by atoms with E-state index >= 15 is 0 Å². The van der Waals surface area contributed by atoms with Crippen molar-refractivity contribution >= 4 is 61.3 Å². The lowest BCUT2D eigenvalue weighted by Crippen LogP contribution is -2.51. The second-order valence-electron chi connectivity index (χ2n) is 12.3. The average molecular weight is 678 g/mol. The van der Waals surface area contributed by atoms with Gasteiger partial charge in [-0.05, 0) is 80.4 Å². The Bertz CT molecular complexity index is 1920. The van der Waals surface area contributed by atoms with Gasteiger partial charge in [-0.25, -0.2) is 0 Å². The Hall–Kier alpha value is -4.29. The van der Waals surface area contributed by atoms with Crippen LogP contribution in [0.15, 0.2) is 155 Å². The molecule has 8 heteroatoms. The van der Waals surface area contributed by atoms with Crippen LogP contribution >= 0.6 is 19.1 Å². The van der Waals surface area contributed by atoms with Gasteiger partial charge in [0.05, 0.1) is 4.90 Å². The van der Waals surface area contributed by atoms with Crippen LogP contribution in [-0.2, 0) is 10.0 Å². The highest BCUT2D eigenvalue weighted by molar-refractivity contribution is 7.97. The van der Waals surface area contributed by atoms with Gasteiger partial charge in [-0.3, -0.25) is 0 Å². The molecule has 5 rings (SSSR count). The maximum absolute atomic E-state index is 14.4. The smallest absolute Gasteiger partial charge is 0.284 e. The van der Waals surface area contributed by atoms with E-state index in [1.807, 2.05) is 113 Å². The first-order chi connectivity index (χ1) is 22.4. The lowest BCUT2D eigenvalue weighted by molar-refractivity contribution is 0.493. The van der Waals surface area contributed by atoms with Crippen molar-refractivity contribution in [2.24, 2.45) is 4.40 Å². The SMILES string of the molecule is Cc1ccc(S(=O)(=O)/N=C(/C(c2ccccc2)=P(c2ccccc2)(c2ccccc2)c2ccccc2)N(C)C(=S)NC(C)(C)C)cc1. The van der Waals surface area contributed by atoms with Crippen molar-refractivity contribution in [3.63, 3.8) is 0 Å². The fourth-order valence-electron chi connectivity index (χ4n) is 5.50. The second-order valence-corrected chi connectivity index (χ2v) is 17.7. The summed E-state index contributed by atoms with van der Waals surface area (Å²) in [6.45, 7) is 5.10. The number of rotatable bonds is 7. The largest absolute Gasteiger partial charge is 0.358 e. The quantitative estimate of drug-likeness (QED) is 0.0880. The molecule has 0 heterocycles. The number of hydrogen-bond acceptors (Lipinski definition) is 3. The lowest BCUT2D eigenvalue weighted by Gasteiger charge is -2.36. The number of sulfonamides is 1. The third-order valence-electron chi connectivity index (χ3n) is 7.65. The van der Waals surface area contributed by atoms with Crippen molar-refractivity contribution in [1.29, 1.82) is 0 Å². The third kappa shape index (κ3) is 7.49. The Morgan fingerprint density at radius 3 is 1.49 bits per heavy atom. The predicted octanol–water partition coefficient (Wildman–Crippen LogP) is 6.90. The van der Waals surface area contributed by atoms with Crippen LogP contribution in [0.1, 0.15) is 31.9 Å². The first-order valence-corrected chi connectivity index (χ1v) is 19.0. The Morgan fingerprint density at radius 1 is 0.681 bits per heavy atom. The molecule has 0 bridgehead atoms. The molecule has 0 aromatic heterocycles. The van der Waals surface area contributed by atoms with Crippen LogP contribution in [0, 0.1) is 6.92 Å². The first kappa shape index (κ1) is 34.1. The van der Waals surface area contributed by atoms with Gasteiger partial charge in [0.1, 0.15) is 0 Å². The molecule has 47 heavy (non-hydrogen) atoms. The minimum atomic E-state index is -4.20. The summed E-state index contributed by atoms with van der Waals surface area (Å²) in [5, 5.41) is 7.69. The molecule has 0 amide bonds. The Labute approximate surface area is 285 Å². The number of nitrogens with zero attached hydrogens (tertiary/aromatic N) is 2. The summed E-state index contributed by atoms with van der Waals surface area (Å²) in [6.07, 6.45) is 0. The summed E-state index contributed by atoms with van der Waals surface area (Å²) in [5.74, 6) is 0.253. The number of benzene rings is 5. The molecular weight excluding hydrogens is 638 g/mol. The molecule has 5 aromatic rings. The van der Waals surface area contributed by atoms with E-state index < -0.39 is 16.9 Å². The monoisotopic (exact) mass is 677 g/mol.